The third-order valence-corrected chi connectivity index (χ3v) is 6.99. The first kappa shape index (κ1) is 17.2. The number of hydrogen-bond acceptors (Lipinski definition) is 7. The van der Waals surface area contributed by atoms with Crippen LogP contribution in [0.2, 0.25) is 0 Å². The highest BCUT2D eigenvalue weighted by Gasteiger charge is 2.61. The summed E-state index contributed by atoms with van der Waals surface area (Å²) in [6.07, 6.45) is 8.45. The van der Waals surface area contributed by atoms with Crippen molar-refractivity contribution in [1.29, 1.82) is 0 Å². The van der Waals surface area contributed by atoms with E-state index in [2.05, 4.69) is 10.2 Å². The summed E-state index contributed by atoms with van der Waals surface area (Å²) >= 11 is 0. The molecule has 0 radical (unpaired) electrons. The summed E-state index contributed by atoms with van der Waals surface area (Å²) in [6.45, 7) is 1.60. The van der Waals surface area contributed by atoms with Crippen LogP contribution < -0.4 is 5.32 Å². The van der Waals surface area contributed by atoms with Gasteiger partial charge in [-0.25, -0.2) is 4.99 Å². The van der Waals surface area contributed by atoms with Crippen molar-refractivity contribution in [2.45, 2.75) is 87.1 Å². The van der Waals surface area contributed by atoms with Gasteiger partial charge in [0.25, 0.3) is 0 Å². The summed E-state index contributed by atoms with van der Waals surface area (Å²) in [5.74, 6) is 0.933. The maximum absolute atomic E-state index is 6.29. The fourth-order valence-electron chi connectivity index (χ4n) is 5.83. The van der Waals surface area contributed by atoms with Crippen LogP contribution >= 0.6 is 0 Å². The molecule has 0 unspecified atom stereocenters. The molecule has 0 aromatic heterocycles. The van der Waals surface area contributed by atoms with E-state index in [1.165, 1.54) is 12.8 Å². The van der Waals surface area contributed by atoms with Gasteiger partial charge < -0.3 is 29.2 Å². The van der Waals surface area contributed by atoms with Gasteiger partial charge in [-0.15, -0.1) is 0 Å². The smallest absolute Gasteiger partial charge is 0.199 e. The third kappa shape index (κ3) is 2.51. The largest absolute Gasteiger partial charge is 0.377 e. The molecule has 0 bridgehead atoms. The number of nitrogens with zero attached hydrogens (tertiary/aromatic N) is 2. The highest BCUT2D eigenvalue weighted by Crippen LogP contribution is 2.47. The van der Waals surface area contributed by atoms with Gasteiger partial charge in [-0.05, 0) is 38.5 Å². The number of rotatable bonds is 2. The molecule has 5 rings (SSSR count). The van der Waals surface area contributed by atoms with Crippen LogP contribution in [0.4, 0.5) is 0 Å². The number of hydrogen-bond donors (Lipinski definition) is 1. The number of aliphatic imine (C=N–C) groups is 1. The highest BCUT2D eigenvalue weighted by molar-refractivity contribution is 5.84. The van der Waals surface area contributed by atoms with Crippen LogP contribution in [0.1, 0.15) is 51.4 Å². The maximum atomic E-state index is 6.29. The van der Waals surface area contributed by atoms with Crippen LogP contribution in [0.3, 0.4) is 0 Å². The van der Waals surface area contributed by atoms with Crippen molar-refractivity contribution in [3.63, 3.8) is 0 Å². The van der Waals surface area contributed by atoms with E-state index in [-0.39, 0.29) is 30.0 Å². The molecule has 7 nitrogen and oxygen atoms in total. The van der Waals surface area contributed by atoms with Gasteiger partial charge in [0.2, 0.25) is 0 Å². The van der Waals surface area contributed by atoms with Crippen LogP contribution in [0, 0.1) is 0 Å². The molecule has 0 amide bonds. The lowest BCUT2D eigenvalue weighted by Crippen LogP contribution is -2.69. The number of methoxy groups -OCH3 is 2. The molecule has 4 saturated heterocycles. The summed E-state index contributed by atoms with van der Waals surface area (Å²) in [5, 5.41) is 3.70. The van der Waals surface area contributed by atoms with Crippen molar-refractivity contribution in [2.75, 3.05) is 27.4 Å². The van der Waals surface area contributed by atoms with E-state index in [0.717, 1.165) is 57.7 Å². The molecule has 5 heterocycles. The average molecular weight is 365 g/mol. The lowest BCUT2D eigenvalue weighted by Gasteiger charge is -2.53. The number of ether oxygens (including phenoxy) is 4. The fraction of sp³-hybridized carbons (Fsp3) is 0.947. The van der Waals surface area contributed by atoms with Gasteiger partial charge in [-0.2, -0.15) is 0 Å². The molecule has 0 aliphatic carbocycles. The minimum Gasteiger partial charge on any atom is -0.377 e. The molecular formula is C19H31N3O4. The van der Waals surface area contributed by atoms with Crippen LogP contribution in [0.25, 0.3) is 0 Å². The van der Waals surface area contributed by atoms with Crippen LogP contribution in [-0.2, 0) is 18.9 Å². The van der Waals surface area contributed by atoms with Crippen LogP contribution in [0.5, 0.6) is 0 Å². The van der Waals surface area contributed by atoms with Gasteiger partial charge in [0, 0.05) is 40.3 Å². The predicted octanol–water partition coefficient (Wildman–Crippen LogP) is 1.62. The van der Waals surface area contributed by atoms with Crippen molar-refractivity contribution in [2.24, 2.45) is 4.99 Å². The van der Waals surface area contributed by atoms with Gasteiger partial charge in [-0.3, -0.25) is 0 Å². The van der Waals surface area contributed by atoms with Crippen molar-refractivity contribution < 1.29 is 18.9 Å². The standard InChI is InChI=1S/C19H31N3O4/c1-23-15-13-11-18(7-3-5-9-25-18)20-17-21-19(8-4-6-10-26-19)12-14(22(13)17)16(15)24-2/h13-16H,3-12H2,1-2H3,(H,20,21)/t13-,14-,15+,16+,18-,19-/m0/s1. The molecule has 4 fully saturated rings. The molecule has 0 aromatic rings. The fourth-order valence-corrected chi connectivity index (χ4v) is 5.83. The third-order valence-electron chi connectivity index (χ3n) is 6.99. The Kier molecular flexibility index (Phi) is 4.19. The Labute approximate surface area is 155 Å². The maximum Gasteiger partial charge on any atom is 0.199 e. The Balaban J connectivity index is 1.55. The average Bonchev–Trinajstić information content (AvgIpc) is 2.95. The minimum absolute atomic E-state index is 0.0263. The van der Waals surface area contributed by atoms with E-state index in [9.17, 15) is 0 Å². The summed E-state index contributed by atoms with van der Waals surface area (Å²) in [6, 6.07) is 0.461. The SMILES string of the molecule is CO[C@H]1[C@H](OC)[C@@H]2C[C@@]3(CCCCO3)NC3=N[C@]4(CCCCO4)C[C@@H]1N32. The summed E-state index contributed by atoms with van der Waals surface area (Å²) in [4.78, 5) is 7.55. The first-order valence-corrected chi connectivity index (χ1v) is 10.2. The van der Waals surface area contributed by atoms with E-state index in [4.69, 9.17) is 23.9 Å². The molecular weight excluding hydrogens is 334 g/mol. The highest BCUT2D eigenvalue weighted by atomic mass is 16.5. The molecule has 5 aliphatic rings. The van der Waals surface area contributed by atoms with Crippen molar-refractivity contribution in [3.05, 3.63) is 0 Å². The Hall–Kier alpha value is -0.890. The summed E-state index contributed by atoms with van der Waals surface area (Å²) in [5.41, 5.74) is -0.742. The first-order valence-electron chi connectivity index (χ1n) is 10.2. The second-order valence-electron chi connectivity index (χ2n) is 8.46. The number of nitrogens with one attached hydrogen (secondary N) is 1. The lowest BCUT2D eigenvalue weighted by atomic mass is 9.90. The molecule has 146 valence electrons. The van der Waals surface area contributed by atoms with E-state index in [1.54, 1.807) is 14.2 Å². The first-order chi connectivity index (χ1) is 12.7. The van der Waals surface area contributed by atoms with Crippen molar-refractivity contribution in [3.8, 4) is 0 Å². The van der Waals surface area contributed by atoms with E-state index in [1.807, 2.05) is 0 Å². The van der Waals surface area contributed by atoms with Crippen molar-refractivity contribution >= 4 is 5.96 Å². The molecule has 6 atom stereocenters. The predicted molar refractivity (Wildman–Crippen MR) is 95.9 cm³/mol. The van der Waals surface area contributed by atoms with Gasteiger partial charge >= 0.3 is 0 Å². The zero-order valence-electron chi connectivity index (χ0n) is 15.9. The van der Waals surface area contributed by atoms with Gasteiger partial charge in [0.1, 0.15) is 17.9 Å². The van der Waals surface area contributed by atoms with Crippen molar-refractivity contribution in [1.82, 2.24) is 10.2 Å². The van der Waals surface area contributed by atoms with E-state index >= 15 is 0 Å². The molecule has 1 N–H and O–H groups in total. The Bertz CT molecular complexity index is 567. The zero-order valence-corrected chi connectivity index (χ0v) is 15.9. The Morgan fingerprint density at radius 1 is 0.962 bits per heavy atom. The van der Waals surface area contributed by atoms with E-state index in [0.29, 0.717) is 0 Å². The van der Waals surface area contributed by atoms with Gasteiger partial charge in [0.05, 0.1) is 12.1 Å². The Morgan fingerprint density at radius 2 is 1.65 bits per heavy atom. The van der Waals surface area contributed by atoms with Crippen LogP contribution in [0.15, 0.2) is 4.99 Å². The molecule has 26 heavy (non-hydrogen) atoms. The topological polar surface area (TPSA) is 64.5 Å². The molecule has 0 saturated carbocycles. The van der Waals surface area contributed by atoms with Crippen LogP contribution in [-0.4, -0.2) is 74.0 Å². The second kappa shape index (κ2) is 6.33. The normalized spacial score (nSPS) is 47.6. The number of guanidine groups is 1. The molecule has 0 aromatic carbocycles. The second-order valence-corrected chi connectivity index (χ2v) is 8.46. The molecule has 7 heteroatoms. The molecule has 5 aliphatic heterocycles. The van der Waals surface area contributed by atoms with Gasteiger partial charge in [0.15, 0.2) is 11.7 Å². The lowest BCUT2D eigenvalue weighted by molar-refractivity contribution is -0.133. The monoisotopic (exact) mass is 365 g/mol. The minimum atomic E-state index is -0.418. The van der Waals surface area contributed by atoms with Gasteiger partial charge in [-0.1, -0.05) is 0 Å². The summed E-state index contributed by atoms with van der Waals surface area (Å²) < 4.78 is 24.5. The Morgan fingerprint density at radius 3 is 2.27 bits per heavy atom. The molecule has 2 spiro atoms. The van der Waals surface area contributed by atoms with E-state index < -0.39 is 5.72 Å². The zero-order chi connectivity index (χ0) is 17.8. The summed E-state index contributed by atoms with van der Waals surface area (Å²) in [7, 11) is 3.60. The quantitative estimate of drug-likeness (QED) is 0.802.